The van der Waals surface area contributed by atoms with Gasteiger partial charge in [0.05, 0.1) is 0 Å². The van der Waals surface area contributed by atoms with Crippen molar-refractivity contribution in [2.75, 3.05) is 10.6 Å². The Morgan fingerprint density at radius 3 is 2.50 bits per heavy atom. The van der Waals surface area contributed by atoms with Crippen molar-refractivity contribution < 1.29 is 9.18 Å². The molecule has 2 aromatic carbocycles. The van der Waals surface area contributed by atoms with E-state index in [0.29, 0.717) is 21.6 Å². The molecule has 0 atom stereocenters. The zero-order valence-electron chi connectivity index (χ0n) is 13.4. The highest BCUT2D eigenvalue weighted by Gasteiger charge is 2.08. The van der Waals surface area contributed by atoms with Crippen LogP contribution in [0.25, 0.3) is 0 Å². The standard InChI is InChI=1S/C17H14ClFN4OS2/c18-12-3-7-14(8-4-12)20-16(24)21-17-23-22-15(26-17)10-25-9-11-1-5-13(19)6-2-11/h1-8H,9-10H2,(H2,20,21,23,24). The first-order valence-electron chi connectivity index (χ1n) is 7.56. The van der Waals surface area contributed by atoms with Crippen LogP contribution in [0.3, 0.4) is 0 Å². The summed E-state index contributed by atoms with van der Waals surface area (Å²) < 4.78 is 12.9. The van der Waals surface area contributed by atoms with E-state index in [1.165, 1.54) is 23.5 Å². The first-order chi connectivity index (χ1) is 12.6. The third kappa shape index (κ3) is 5.69. The maximum atomic E-state index is 12.9. The summed E-state index contributed by atoms with van der Waals surface area (Å²) in [5.41, 5.74) is 1.67. The van der Waals surface area contributed by atoms with Gasteiger partial charge in [0.25, 0.3) is 0 Å². The molecule has 0 fully saturated rings. The van der Waals surface area contributed by atoms with E-state index in [4.69, 9.17) is 11.6 Å². The van der Waals surface area contributed by atoms with Crippen LogP contribution >= 0.6 is 34.7 Å². The van der Waals surface area contributed by atoms with Gasteiger partial charge in [-0.1, -0.05) is 35.1 Å². The maximum absolute atomic E-state index is 12.9. The summed E-state index contributed by atoms with van der Waals surface area (Å²) in [7, 11) is 0. The largest absolute Gasteiger partial charge is 0.325 e. The molecule has 0 aliphatic heterocycles. The minimum absolute atomic E-state index is 0.240. The number of aromatic nitrogens is 2. The van der Waals surface area contributed by atoms with Crippen LogP contribution < -0.4 is 10.6 Å². The second kappa shape index (κ2) is 8.98. The van der Waals surface area contributed by atoms with Crippen molar-refractivity contribution in [1.82, 2.24) is 10.2 Å². The number of carbonyl (C=O) groups excluding carboxylic acids is 1. The van der Waals surface area contributed by atoms with Crippen LogP contribution in [0.1, 0.15) is 10.6 Å². The number of halogens is 2. The van der Waals surface area contributed by atoms with Crippen molar-refractivity contribution >= 4 is 51.5 Å². The second-order valence-corrected chi connectivity index (χ2v) is 7.69. The fourth-order valence-corrected chi connectivity index (χ4v) is 3.90. The lowest BCUT2D eigenvalue weighted by Crippen LogP contribution is -2.19. The fourth-order valence-electron chi connectivity index (χ4n) is 1.99. The van der Waals surface area contributed by atoms with Crippen molar-refractivity contribution in [3.8, 4) is 0 Å². The van der Waals surface area contributed by atoms with Gasteiger partial charge in [0.2, 0.25) is 5.13 Å². The normalized spacial score (nSPS) is 10.5. The lowest BCUT2D eigenvalue weighted by atomic mass is 10.2. The Kier molecular flexibility index (Phi) is 6.43. The summed E-state index contributed by atoms with van der Waals surface area (Å²) in [5.74, 6) is 1.17. The van der Waals surface area contributed by atoms with Gasteiger partial charge in [-0.25, -0.2) is 9.18 Å². The minimum Gasteiger partial charge on any atom is -0.308 e. The van der Waals surface area contributed by atoms with E-state index in [2.05, 4.69) is 20.8 Å². The molecular formula is C17H14ClFN4OS2. The van der Waals surface area contributed by atoms with Gasteiger partial charge >= 0.3 is 6.03 Å². The predicted molar refractivity (Wildman–Crippen MR) is 105 cm³/mol. The molecule has 5 nitrogen and oxygen atoms in total. The summed E-state index contributed by atoms with van der Waals surface area (Å²) in [5, 5.41) is 15.2. The molecule has 0 aliphatic carbocycles. The number of carbonyl (C=O) groups is 1. The summed E-state index contributed by atoms with van der Waals surface area (Å²) >= 11 is 8.77. The first-order valence-corrected chi connectivity index (χ1v) is 9.91. The lowest BCUT2D eigenvalue weighted by Gasteiger charge is -2.04. The molecule has 0 radical (unpaired) electrons. The molecule has 26 heavy (non-hydrogen) atoms. The van der Waals surface area contributed by atoms with Gasteiger partial charge in [-0.15, -0.1) is 22.0 Å². The van der Waals surface area contributed by atoms with E-state index in [9.17, 15) is 9.18 Å². The Hall–Kier alpha value is -2.16. The molecular weight excluding hydrogens is 395 g/mol. The van der Waals surface area contributed by atoms with Crippen molar-refractivity contribution in [3.05, 3.63) is 69.9 Å². The van der Waals surface area contributed by atoms with Gasteiger partial charge < -0.3 is 5.32 Å². The van der Waals surface area contributed by atoms with Crippen LogP contribution in [0, 0.1) is 5.82 Å². The van der Waals surface area contributed by atoms with E-state index in [1.54, 1.807) is 48.2 Å². The molecule has 2 N–H and O–H groups in total. The number of amides is 2. The predicted octanol–water partition coefficient (Wildman–Crippen LogP) is 5.41. The molecule has 3 aromatic rings. The van der Waals surface area contributed by atoms with Crippen LogP contribution in [-0.4, -0.2) is 16.2 Å². The number of hydrogen-bond acceptors (Lipinski definition) is 5. The monoisotopic (exact) mass is 408 g/mol. The van der Waals surface area contributed by atoms with E-state index in [0.717, 1.165) is 16.3 Å². The molecule has 2 amide bonds. The lowest BCUT2D eigenvalue weighted by molar-refractivity contribution is 0.262. The van der Waals surface area contributed by atoms with Crippen LogP contribution in [-0.2, 0) is 11.5 Å². The number of urea groups is 1. The first kappa shape index (κ1) is 18.6. The van der Waals surface area contributed by atoms with E-state index in [-0.39, 0.29) is 5.82 Å². The van der Waals surface area contributed by atoms with E-state index >= 15 is 0 Å². The van der Waals surface area contributed by atoms with Crippen molar-refractivity contribution in [3.63, 3.8) is 0 Å². The average Bonchev–Trinajstić information content (AvgIpc) is 3.06. The molecule has 3 rings (SSSR count). The summed E-state index contributed by atoms with van der Waals surface area (Å²) in [6, 6.07) is 12.8. The van der Waals surface area contributed by atoms with Gasteiger partial charge in [-0.05, 0) is 42.0 Å². The number of nitrogens with zero attached hydrogens (tertiary/aromatic N) is 2. The zero-order chi connectivity index (χ0) is 18.4. The Bertz CT molecular complexity index is 871. The van der Waals surface area contributed by atoms with E-state index in [1.807, 2.05) is 0 Å². The Morgan fingerprint density at radius 2 is 1.77 bits per heavy atom. The third-order valence-electron chi connectivity index (χ3n) is 3.20. The zero-order valence-corrected chi connectivity index (χ0v) is 15.8. The highest BCUT2D eigenvalue weighted by Crippen LogP contribution is 2.23. The Labute approximate surface area is 163 Å². The highest BCUT2D eigenvalue weighted by atomic mass is 35.5. The maximum Gasteiger partial charge on any atom is 0.325 e. The summed E-state index contributed by atoms with van der Waals surface area (Å²) in [4.78, 5) is 12.0. The smallest absolute Gasteiger partial charge is 0.308 e. The van der Waals surface area contributed by atoms with Crippen LogP contribution in [0.15, 0.2) is 48.5 Å². The molecule has 0 saturated heterocycles. The van der Waals surface area contributed by atoms with Gasteiger partial charge in [-0.2, -0.15) is 0 Å². The number of rotatable bonds is 6. The number of benzene rings is 2. The molecule has 0 unspecified atom stereocenters. The van der Waals surface area contributed by atoms with Gasteiger partial charge in [0.1, 0.15) is 10.8 Å². The van der Waals surface area contributed by atoms with Crippen LogP contribution in [0.4, 0.5) is 20.0 Å². The minimum atomic E-state index is -0.394. The number of thioether (sulfide) groups is 1. The fraction of sp³-hybridized carbons (Fsp3) is 0.118. The Balaban J connectivity index is 1.45. The molecule has 0 aliphatic rings. The molecule has 134 valence electrons. The molecule has 0 spiro atoms. The highest BCUT2D eigenvalue weighted by molar-refractivity contribution is 7.97. The topological polar surface area (TPSA) is 66.9 Å². The quantitative estimate of drug-likeness (QED) is 0.572. The molecule has 0 saturated carbocycles. The summed E-state index contributed by atoms with van der Waals surface area (Å²) in [6.45, 7) is 0. The van der Waals surface area contributed by atoms with Gasteiger partial charge in [-0.3, -0.25) is 5.32 Å². The number of nitrogens with one attached hydrogen (secondary N) is 2. The van der Waals surface area contributed by atoms with Crippen molar-refractivity contribution in [2.24, 2.45) is 0 Å². The van der Waals surface area contributed by atoms with Gasteiger partial charge in [0.15, 0.2) is 0 Å². The molecule has 0 bridgehead atoms. The number of hydrogen-bond donors (Lipinski definition) is 2. The average molecular weight is 409 g/mol. The Morgan fingerprint density at radius 1 is 1.04 bits per heavy atom. The van der Waals surface area contributed by atoms with Gasteiger partial charge in [0, 0.05) is 22.2 Å². The van der Waals surface area contributed by atoms with Crippen LogP contribution in [0.2, 0.25) is 5.02 Å². The van der Waals surface area contributed by atoms with E-state index < -0.39 is 6.03 Å². The number of anilines is 2. The summed E-state index contributed by atoms with van der Waals surface area (Å²) in [6.07, 6.45) is 0. The molecule has 1 aromatic heterocycles. The van der Waals surface area contributed by atoms with Crippen molar-refractivity contribution in [2.45, 2.75) is 11.5 Å². The molecule has 1 heterocycles. The SMILES string of the molecule is O=C(Nc1ccc(Cl)cc1)Nc1nnc(CSCc2ccc(F)cc2)s1. The molecule has 9 heteroatoms. The third-order valence-corrected chi connectivity index (χ3v) is 5.49. The van der Waals surface area contributed by atoms with Crippen molar-refractivity contribution in [1.29, 1.82) is 0 Å². The second-order valence-electron chi connectivity index (χ2n) is 5.21. The van der Waals surface area contributed by atoms with Crippen LogP contribution in [0.5, 0.6) is 0 Å².